The van der Waals surface area contributed by atoms with Crippen LogP contribution in [0, 0.1) is 11.8 Å². The maximum atomic E-state index is 13.8. The molecule has 0 aromatic heterocycles. The molecule has 0 aromatic carbocycles. The average molecular weight is 810 g/mol. The van der Waals surface area contributed by atoms with Crippen LogP contribution in [0.2, 0.25) is 0 Å². The van der Waals surface area contributed by atoms with Crippen LogP contribution in [0.25, 0.3) is 0 Å². The minimum Gasteiger partial charge on any atom is -0.370 e. The van der Waals surface area contributed by atoms with Gasteiger partial charge in [-0.15, -0.1) is 0 Å². The Kier molecular flexibility index (Phi) is 24.1. The summed E-state index contributed by atoms with van der Waals surface area (Å²) in [7, 11) is 0. The number of rotatable bonds is 16. The zero-order chi connectivity index (χ0) is 42.9. The minimum absolute atomic E-state index is 0.0205. The summed E-state index contributed by atoms with van der Waals surface area (Å²) >= 11 is 0. The third-order valence-electron chi connectivity index (χ3n) is 8.69. The van der Waals surface area contributed by atoms with Crippen molar-refractivity contribution in [2.75, 3.05) is 39.3 Å². The van der Waals surface area contributed by atoms with Crippen LogP contribution in [0.3, 0.4) is 0 Å². The first-order valence-electron chi connectivity index (χ1n) is 19.7. The molecule has 21 heteroatoms. The van der Waals surface area contributed by atoms with Gasteiger partial charge in [0, 0.05) is 32.5 Å². The lowest BCUT2D eigenvalue weighted by Gasteiger charge is -2.27. The molecule has 0 bridgehead atoms. The highest BCUT2D eigenvalue weighted by atomic mass is 16.2. The first kappa shape index (κ1) is 50.0. The molecule has 324 valence electrons. The zero-order valence-electron chi connectivity index (χ0n) is 33.9. The van der Waals surface area contributed by atoms with E-state index in [-0.39, 0.29) is 101 Å². The Morgan fingerprint density at radius 3 is 1.72 bits per heavy atom. The molecule has 1 fully saturated rings. The van der Waals surface area contributed by atoms with Crippen LogP contribution < -0.4 is 65.5 Å². The van der Waals surface area contributed by atoms with E-state index in [1.54, 1.807) is 0 Å². The number of hydrogen-bond acceptors (Lipinski definition) is 11. The molecule has 8 amide bonds. The number of amides is 8. The Balaban J connectivity index is 3.42. The molecule has 0 spiro atoms. The van der Waals surface area contributed by atoms with Gasteiger partial charge in [-0.1, -0.05) is 27.7 Å². The van der Waals surface area contributed by atoms with Crippen LogP contribution in [-0.4, -0.2) is 123 Å². The van der Waals surface area contributed by atoms with E-state index < -0.39 is 78.1 Å². The van der Waals surface area contributed by atoms with Crippen LogP contribution in [0.15, 0.2) is 4.99 Å². The number of carbonyl (C=O) groups is 8. The molecule has 16 N–H and O–H groups in total. The van der Waals surface area contributed by atoms with Crippen molar-refractivity contribution < 1.29 is 38.4 Å². The normalized spacial score (nSPS) is 22.6. The lowest BCUT2D eigenvalue weighted by molar-refractivity contribution is -0.135. The van der Waals surface area contributed by atoms with E-state index in [0.717, 1.165) is 0 Å². The topological polar surface area (TPSA) is 349 Å². The van der Waals surface area contributed by atoms with Crippen molar-refractivity contribution in [2.45, 2.75) is 122 Å². The van der Waals surface area contributed by atoms with E-state index >= 15 is 0 Å². The van der Waals surface area contributed by atoms with Gasteiger partial charge in [-0.25, -0.2) is 0 Å². The van der Waals surface area contributed by atoms with Crippen molar-refractivity contribution in [1.82, 2.24) is 42.5 Å². The Morgan fingerprint density at radius 2 is 1.16 bits per heavy atom. The largest absolute Gasteiger partial charge is 0.370 e. The van der Waals surface area contributed by atoms with E-state index in [4.69, 9.17) is 22.9 Å². The maximum absolute atomic E-state index is 13.8. The molecule has 1 saturated heterocycles. The number of nitrogens with two attached hydrogens (primary N) is 4. The van der Waals surface area contributed by atoms with Crippen molar-refractivity contribution in [1.29, 1.82) is 0 Å². The molecular formula is C36H67N13O8. The predicted octanol–water partition coefficient (Wildman–Crippen LogP) is -3.82. The third-order valence-corrected chi connectivity index (χ3v) is 8.69. The van der Waals surface area contributed by atoms with Crippen molar-refractivity contribution in [3.8, 4) is 0 Å². The van der Waals surface area contributed by atoms with Gasteiger partial charge in [0.1, 0.15) is 30.2 Å². The van der Waals surface area contributed by atoms with Gasteiger partial charge in [0.2, 0.25) is 47.3 Å². The highest BCUT2D eigenvalue weighted by Gasteiger charge is 2.32. The number of guanidine groups is 1. The molecule has 21 nitrogen and oxygen atoms in total. The van der Waals surface area contributed by atoms with Gasteiger partial charge >= 0.3 is 0 Å². The van der Waals surface area contributed by atoms with Gasteiger partial charge in [-0.05, 0) is 76.3 Å². The molecule has 5 atom stereocenters. The smallest absolute Gasteiger partial charge is 0.243 e. The van der Waals surface area contributed by atoms with Gasteiger partial charge < -0.3 is 65.5 Å². The van der Waals surface area contributed by atoms with Crippen LogP contribution in [0.1, 0.15) is 91.9 Å². The van der Waals surface area contributed by atoms with Gasteiger partial charge in [0.25, 0.3) is 0 Å². The van der Waals surface area contributed by atoms with Gasteiger partial charge in [-0.3, -0.25) is 43.3 Å². The van der Waals surface area contributed by atoms with Gasteiger partial charge in [-0.2, -0.15) is 0 Å². The van der Waals surface area contributed by atoms with Crippen LogP contribution in [-0.2, 0) is 38.4 Å². The quantitative estimate of drug-likeness (QED) is 0.0406. The van der Waals surface area contributed by atoms with Crippen molar-refractivity contribution >= 4 is 53.2 Å². The summed E-state index contributed by atoms with van der Waals surface area (Å²) in [4.78, 5) is 110. The van der Waals surface area contributed by atoms with E-state index in [1.807, 2.05) is 27.7 Å². The Hall–Kier alpha value is -5.05. The predicted molar refractivity (Wildman–Crippen MR) is 213 cm³/mol. The molecule has 0 radical (unpaired) electrons. The molecule has 1 aliphatic rings. The lowest BCUT2D eigenvalue weighted by atomic mass is 10.0. The summed E-state index contributed by atoms with van der Waals surface area (Å²) in [5.74, 6) is -4.98. The summed E-state index contributed by atoms with van der Waals surface area (Å²) < 4.78 is 0. The second-order valence-corrected chi connectivity index (χ2v) is 14.9. The second-order valence-electron chi connectivity index (χ2n) is 14.9. The number of nitrogens with one attached hydrogen (secondary N) is 8. The number of nitrogens with zero attached hydrogens (tertiary/aromatic N) is 1. The molecule has 0 aliphatic carbocycles. The van der Waals surface area contributed by atoms with Gasteiger partial charge in [0.15, 0.2) is 5.96 Å². The number of carbonyl (C=O) groups excluding carboxylic acids is 8. The fourth-order valence-electron chi connectivity index (χ4n) is 5.80. The van der Waals surface area contributed by atoms with Crippen LogP contribution in [0.5, 0.6) is 0 Å². The van der Waals surface area contributed by atoms with Crippen LogP contribution >= 0.6 is 0 Å². The summed E-state index contributed by atoms with van der Waals surface area (Å²) in [5.41, 5.74) is 22.1. The van der Waals surface area contributed by atoms with E-state index in [1.165, 1.54) is 0 Å². The lowest BCUT2D eigenvalue weighted by Crippen LogP contribution is -2.59. The fraction of sp³-hybridized carbons (Fsp3) is 0.750. The second kappa shape index (κ2) is 27.5. The average Bonchev–Trinajstić information content (AvgIpc) is 3.12. The summed E-state index contributed by atoms with van der Waals surface area (Å²) in [6.07, 6.45) is 1.78. The van der Waals surface area contributed by atoms with E-state index in [0.29, 0.717) is 19.4 Å². The molecule has 0 aromatic rings. The molecular weight excluding hydrogens is 742 g/mol. The third kappa shape index (κ3) is 21.7. The number of hydrogen-bond donors (Lipinski definition) is 12. The Labute approximate surface area is 334 Å². The first-order valence-corrected chi connectivity index (χ1v) is 19.7. The van der Waals surface area contributed by atoms with Crippen molar-refractivity contribution in [3.63, 3.8) is 0 Å². The Bertz CT molecular complexity index is 1370. The summed E-state index contributed by atoms with van der Waals surface area (Å²) in [6.45, 7) is 7.32. The molecule has 1 heterocycles. The van der Waals surface area contributed by atoms with Crippen molar-refractivity contribution in [3.05, 3.63) is 0 Å². The number of aliphatic imine (C=N–C) groups is 1. The fourth-order valence-corrected chi connectivity index (χ4v) is 5.80. The zero-order valence-corrected chi connectivity index (χ0v) is 33.9. The van der Waals surface area contributed by atoms with Crippen molar-refractivity contribution in [2.24, 2.45) is 39.8 Å². The van der Waals surface area contributed by atoms with E-state index in [2.05, 4.69) is 47.5 Å². The SMILES string of the molecule is CC(C)C[C@@H]1NC(=O)CNC(=O)[C@H](CCN)NC(=O)CCCNC(=O)[C@H](CC(C)C)NC(=O)[C@H](CCNC(=O)CCCCN=C(N)N)NC(=O)[C@H](CCN)NC1=O. The first-order chi connectivity index (χ1) is 27.0. The molecule has 1 rings (SSSR count). The monoisotopic (exact) mass is 810 g/mol. The summed E-state index contributed by atoms with van der Waals surface area (Å²) in [5, 5.41) is 21.2. The van der Waals surface area contributed by atoms with E-state index in [9.17, 15) is 38.4 Å². The Morgan fingerprint density at radius 1 is 0.667 bits per heavy atom. The highest BCUT2D eigenvalue weighted by Crippen LogP contribution is 2.09. The maximum Gasteiger partial charge on any atom is 0.243 e. The minimum atomic E-state index is -1.26. The summed E-state index contributed by atoms with van der Waals surface area (Å²) in [6, 6.07) is -5.68. The highest BCUT2D eigenvalue weighted by molar-refractivity contribution is 5.96. The molecule has 0 unspecified atom stereocenters. The van der Waals surface area contributed by atoms with Gasteiger partial charge in [0.05, 0.1) is 6.54 Å². The number of unbranched alkanes of at least 4 members (excludes halogenated alkanes) is 1. The molecule has 1 aliphatic heterocycles. The molecule has 0 saturated carbocycles. The van der Waals surface area contributed by atoms with Crippen LogP contribution in [0.4, 0.5) is 0 Å². The molecule has 57 heavy (non-hydrogen) atoms. The standard InChI is InChI=1S/C36H67N13O8/c1-21(2)18-26-32(54)42-16-7-9-29(51)45-23(10-13-37)31(53)44-20-30(52)46-27(19-22(3)4)35(57)47-24(11-14-38)33(55)48-25(34(56)49-26)12-17-41-28(50)8-5-6-15-43-36(39)40/h21-27H,5-20,37-38H2,1-4H3,(H,41,50)(H,42,54)(H,44,53)(H,45,51)(H,46,52)(H,47,57)(H,48,55)(H,49,56)(H4,39,40,43)/t23-,24-,25-,26-,27-/m0/s1.